The minimum atomic E-state index is -0.0761. The van der Waals surface area contributed by atoms with Crippen LogP contribution < -0.4 is 0 Å². The van der Waals surface area contributed by atoms with E-state index in [-0.39, 0.29) is 23.8 Å². The van der Waals surface area contributed by atoms with Crippen LogP contribution in [0.2, 0.25) is 0 Å². The van der Waals surface area contributed by atoms with Crippen LogP contribution in [0.5, 0.6) is 0 Å². The molecule has 1 aromatic heterocycles. The van der Waals surface area contributed by atoms with Gasteiger partial charge in [-0.15, -0.1) is 0 Å². The van der Waals surface area contributed by atoms with Gasteiger partial charge < -0.3 is 9.80 Å². The SMILES string of the molecule is CC(C)[C@H]1c2nc(-c3ccccc3)nn2CCN1C(=O)CCCN1CCCCC1=O. The number of piperidine rings is 1. The van der Waals surface area contributed by atoms with Gasteiger partial charge in [0, 0.05) is 38.0 Å². The van der Waals surface area contributed by atoms with Crippen molar-refractivity contribution in [2.75, 3.05) is 19.6 Å². The van der Waals surface area contributed by atoms with Crippen molar-refractivity contribution in [2.24, 2.45) is 5.92 Å². The molecule has 1 saturated heterocycles. The number of nitrogens with zero attached hydrogens (tertiary/aromatic N) is 5. The molecular weight excluding hydrogens is 378 g/mol. The first-order valence-corrected chi connectivity index (χ1v) is 11.1. The average Bonchev–Trinajstić information content (AvgIpc) is 3.19. The van der Waals surface area contributed by atoms with E-state index >= 15 is 0 Å². The third-order valence-corrected chi connectivity index (χ3v) is 6.08. The van der Waals surface area contributed by atoms with Gasteiger partial charge in [-0.05, 0) is 25.2 Å². The highest BCUT2D eigenvalue weighted by Crippen LogP contribution is 2.32. The number of fused-ring (bicyclic) bond motifs is 1. The molecule has 0 unspecified atom stereocenters. The summed E-state index contributed by atoms with van der Waals surface area (Å²) in [7, 11) is 0. The number of benzene rings is 1. The third kappa shape index (κ3) is 4.25. The molecule has 3 heterocycles. The first-order valence-electron chi connectivity index (χ1n) is 11.1. The van der Waals surface area contributed by atoms with E-state index in [9.17, 15) is 9.59 Å². The quantitative estimate of drug-likeness (QED) is 0.734. The van der Waals surface area contributed by atoms with Crippen molar-refractivity contribution in [1.82, 2.24) is 24.6 Å². The minimum absolute atomic E-state index is 0.0761. The Balaban J connectivity index is 1.45. The molecule has 7 heteroatoms. The normalized spacial score (nSPS) is 19.3. The number of rotatable bonds is 6. The van der Waals surface area contributed by atoms with E-state index in [0.717, 1.165) is 30.8 Å². The summed E-state index contributed by atoms with van der Waals surface area (Å²) in [5, 5.41) is 4.70. The maximum Gasteiger partial charge on any atom is 0.223 e. The summed E-state index contributed by atoms with van der Waals surface area (Å²) >= 11 is 0. The maximum atomic E-state index is 13.1. The smallest absolute Gasteiger partial charge is 0.223 e. The largest absolute Gasteiger partial charge is 0.343 e. The topological polar surface area (TPSA) is 71.3 Å². The second-order valence-electron chi connectivity index (χ2n) is 8.60. The number of amides is 2. The summed E-state index contributed by atoms with van der Waals surface area (Å²) in [5.74, 6) is 2.20. The van der Waals surface area contributed by atoms with E-state index < -0.39 is 0 Å². The predicted molar refractivity (Wildman–Crippen MR) is 114 cm³/mol. The van der Waals surface area contributed by atoms with Gasteiger partial charge in [-0.3, -0.25) is 9.59 Å². The molecule has 0 bridgehead atoms. The lowest BCUT2D eigenvalue weighted by molar-refractivity contribution is -0.138. The van der Waals surface area contributed by atoms with Gasteiger partial charge in [0.25, 0.3) is 0 Å². The molecule has 30 heavy (non-hydrogen) atoms. The minimum Gasteiger partial charge on any atom is -0.343 e. The first kappa shape index (κ1) is 20.6. The molecule has 4 rings (SSSR count). The van der Waals surface area contributed by atoms with Crippen molar-refractivity contribution in [3.05, 3.63) is 36.2 Å². The first-order chi connectivity index (χ1) is 14.5. The predicted octanol–water partition coefficient (Wildman–Crippen LogP) is 3.28. The lowest BCUT2D eigenvalue weighted by Gasteiger charge is -2.37. The van der Waals surface area contributed by atoms with E-state index in [2.05, 4.69) is 13.8 Å². The highest BCUT2D eigenvalue weighted by Gasteiger charge is 2.35. The van der Waals surface area contributed by atoms with Crippen LogP contribution >= 0.6 is 0 Å². The molecule has 2 aliphatic heterocycles. The summed E-state index contributed by atoms with van der Waals surface area (Å²) in [6.45, 7) is 7.08. The molecule has 2 aliphatic rings. The van der Waals surface area contributed by atoms with Crippen molar-refractivity contribution in [3.8, 4) is 11.4 Å². The van der Waals surface area contributed by atoms with Gasteiger partial charge in [-0.2, -0.15) is 5.10 Å². The summed E-state index contributed by atoms with van der Waals surface area (Å²) in [4.78, 5) is 33.8. The maximum absolute atomic E-state index is 13.1. The van der Waals surface area contributed by atoms with Crippen molar-refractivity contribution in [2.45, 2.75) is 58.5 Å². The fourth-order valence-corrected chi connectivity index (χ4v) is 4.53. The summed E-state index contributed by atoms with van der Waals surface area (Å²) in [6, 6.07) is 9.89. The summed E-state index contributed by atoms with van der Waals surface area (Å²) in [6.07, 6.45) is 3.89. The van der Waals surface area contributed by atoms with Gasteiger partial charge >= 0.3 is 0 Å². The Labute approximate surface area is 178 Å². The van der Waals surface area contributed by atoms with Gasteiger partial charge in [-0.1, -0.05) is 44.2 Å². The molecule has 0 spiro atoms. The number of aromatic nitrogens is 3. The molecule has 1 aromatic carbocycles. The number of hydrogen-bond acceptors (Lipinski definition) is 4. The van der Waals surface area contributed by atoms with Gasteiger partial charge in [0.15, 0.2) is 11.6 Å². The van der Waals surface area contributed by atoms with E-state index in [1.807, 2.05) is 44.8 Å². The van der Waals surface area contributed by atoms with Crippen LogP contribution in [0.25, 0.3) is 11.4 Å². The molecule has 2 amide bonds. The van der Waals surface area contributed by atoms with Gasteiger partial charge in [0.05, 0.1) is 12.6 Å². The van der Waals surface area contributed by atoms with E-state index in [1.165, 1.54) is 0 Å². The molecule has 0 radical (unpaired) electrons. The summed E-state index contributed by atoms with van der Waals surface area (Å²) < 4.78 is 1.96. The van der Waals surface area contributed by atoms with Crippen LogP contribution in [0, 0.1) is 5.92 Å². The summed E-state index contributed by atoms with van der Waals surface area (Å²) in [5.41, 5.74) is 0.992. The molecule has 0 saturated carbocycles. The highest BCUT2D eigenvalue weighted by molar-refractivity contribution is 5.78. The molecule has 2 aromatic rings. The molecular formula is C23H31N5O2. The Morgan fingerprint density at radius 2 is 1.93 bits per heavy atom. The number of carbonyl (C=O) groups excluding carboxylic acids is 2. The van der Waals surface area contributed by atoms with Gasteiger partial charge in [0.1, 0.15) is 0 Å². The zero-order valence-electron chi connectivity index (χ0n) is 18.0. The Hall–Kier alpha value is -2.70. The van der Waals surface area contributed by atoms with Crippen LogP contribution in [0.1, 0.15) is 57.8 Å². The standard InChI is InChI=1S/C23H31N5O2/c1-17(2)21-23-24-22(18-9-4-3-5-10-18)25-28(23)16-15-27(21)20(30)12-8-14-26-13-7-6-11-19(26)29/h3-5,9-10,17,21H,6-8,11-16H2,1-2H3/t21-/m0/s1. The Bertz CT molecular complexity index is 892. The number of likely N-dealkylation sites (tertiary alicyclic amines) is 1. The second-order valence-corrected chi connectivity index (χ2v) is 8.60. The number of carbonyl (C=O) groups is 2. The fourth-order valence-electron chi connectivity index (χ4n) is 4.53. The zero-order chi connectivity index (χ0) is 21.1. The Morgan fingerprint density at radius 3 is 2.67 bits per heavy atom. The van der Waals surface area contributed by atoms with Crippen LogP contribution in [0.3, 0.4) is 0 Å². The lowest BCUT2D eigenvalue weighted by Crippen LogP contribution is -2.45. The molecule has 1 fully saturated rings. The van der Waals surface area contributed by atoms with Crippen LogP contribution in [-0.2, 0) is 16.1 Å². The second kappa shape index (κ2) is 8.98. The average molecular weight is 410 g/mol. The van der Waals surface area contributed by atoms with Crippen molar-refractivity contribution < 1.29 is 9.59 Å². The number of hydrogen-bond donors (Lipinski definition) is 0. The molecule has 7 nitrogen and oxygen atoms in total. The molecule has 0 N–H and O–H groups in total. The molecule has 160 valence electrons. The monoisotopic (exact) mass is 409 g/mol. The Morgan fingerprint density at radius 1 is 1.13 bits per heavy atom. The van der Waals surface area contributed by atoms with E-state index in [4.69, 9.17) is 10.1 Å². The molecule has 1 atom stereocenters. The van der Waals surface area contributed by atoms with Crippen molar-refractivity contribution in [3.63, 3.8) is 0 Å². The zero-order valence-corrected chi connectivity index (χ0v) is 18.0. The van der Waals surface area contributed by atoms with Gasteiger partial charge in [0.2, 0.25) is 11.8 Å². The lowest BCUT2D eigenvalue weighted by atomic mass is 9.99. The highest BCUT2D eigenvalue weighted by atomic mass is 16.2. The van der Waals surface area contributed by atoms with Crippen molar-refractivity contribution >= 4 is 11.8 Å². The Kier molecular flexibility index (Phi) is 6.16. The van der Waals surface area contributed by atoms with E-state index in [0.29, 0.717) is 44.7 Å². The fraction of sp³-hybridized carbons (Fsp3) is 0.565. The van der Waals surface area contributed by atoms with Crippen molar-refractivity contribution in [1.29, 1.82) is 0 Å². The van der Waals surface area contributed by atoms with Crippen LogP contribution in [0.4, 0.5) is 0 Å². The van der Waals surface area contributed by atoms with Crippen LogP contribution in [-0.4, -0.2) is 56.0 Å². The molecule has 0 aliphatic carbocycles. The third-order valence-electron chi connectivity index (χ3n) is 6.08. The van der Waals surface area contributed by atoms with E-state index in [1.54, 1.807) is 0 Å². The van der Waals surface area contributed by atoms with Crippen LogP contribution in [0.15, 0.2) is 30.3 Å². The van der Waals surface area contributed by atoms with Gasteiger partial charge in [-0.25, -0.2) is 9.67 Å².